The van der Waals surface area contributed by atoms with Crippen molar-refractivity contribution in [3.05, 3.63) is 91.9 Å². The number of aromatic nitrogens is 4. The lowest BCUT2D eigenvalue weighted by molar-refractivity contribution is 0.102. The van der Waals surface area contributed by atoms with Crippen molar-refractivity contribution in [3.8, 4) is 5.75 Å². The Morgan fingerprint density at radius 2 is 1.76 bits per heavy atom. The molecular weight excluding hydrogens is 529 g/mol. The minimum Gasteiger partial charge on any atom is -0.471 e. The van der Waals surface area contributed by atoms with Gasteiger partial charge in [0.2, 0.25) is 0 Å². The zero-order chi connectivity index (χ0) is 23.5. The van der Waals surface area contributed by atoms with Gasteiger partial charge >= 0.3 is 0 Å². The SMILES string of the molecule is Cc1nn(Cc2c(Cl)cccc2Cl)c(C)c1NC(=O)c1ccn(COc2ccc(Br)cc2)n1. The second kappa shape index (κ2) is 9.99. The lowest BCUT2D eigenvalue weighted by Gasteiger charge is -2.09. The maximum absolute atomic E-state index is 12.8. The minimum absolute atomic E-state index is 0.184. The first kappa shape index (κ1) is 23.4. The number of amides is 1. The first-order chi connectivity index (χ1) is 15.8. The molecule has 0 spiro atoms. The van der Waals surface area contributed by atoms with E-state index in [-0.39, 0.29) is 18.3 Å². The van der Waals surface area contributed by atoms with Gasteiger partial charge in [-0.2, -0.15) is 10.2 Å². The van der Waals surface area contributed by atoms with E-state index in [2.05, 4.69) is 31.4 Å². The van der Waals surface area contributed by atoms with Gasteiger partial charge in [0.05, 0.1) is 23.6 Å². The summed E-state index contributed by atoms with van der Waals surface area (Å²) in [5, 5.41) is 12.9. The number of aryl methyl sites for hydroxylation is 1. The topological polar surface area (TPSA) is 74.0 Å². The fraction of sp³-hybridized carbons (Fsp3) is 0.174. The predicted molar refractivity (Wildman–Crippen MR) is 132 cm³/mol. The molecule has 0 atom stereocenters. The molecule has 33 heavy (non-hydrogen) atoms. The number of anilines is 1. The standard InChI is InChI=1S/C23H20BrCl2N5O2/c1-14-22(15(2)31(28-14)12-18-19(25)4-3-5-20(18)26)27-23(32)21-10-11-30(29-21)13-33-17-8-6-16(24)7-9-17/h3-11H,12-13H2,1-2H3,(H,27,32). The zero-order valence-corrected chi connectivity index (χ0v) is 20.9. The van der Waals surface area contributed by atoms with Crippen molar-refractivity contribution in [2.24, 2.45) is 0 Å². The number of carbonyl (C=O) groups excluding carboxylic acids is 1. The van der Waals surface area contributed by atoms with E-state index in [0.717, 1.165) is 15.7 Å². The van der Waals surface area contributed by atoms with Gasteiger partial charge in [-0.05, 0) is 56.3 Å². The molecule has 0 aliphatic carbocycles. The molecule has 0 saturated carbocycles. The van der Waals surface area contributed by atoms with E-state index >= 15 is 0 Å². The van der Waals surface area contributed by atoms with Gasteiger partial charge in [0, 0.05) is 26.3 Å². The second-order valence-corrected chi connectivity index (χ2v) is 9.06. The van der Waals surface area contributed by atoms with Crippen LogP contribution in [0.2, 0.25) is 10.0 Å². The van der Waals surface area contributed by atoms with Gasteiger partial charge < -0.3 is 10.1 Å². The highest BCUT2D eigenvalue weighted by Gasteiger charge is 2.18. The number of benzene rings is 2. The molecule has 4 rings (SSSR count). The molecule has 0 aliphatic rings. The van der Waals surface area contributed by atoms with Crippen molar-refractivity contribution in [1.82, 2.24) is 19.6 Å². The predicted octanol–water partition coefficient (Wildman–Crippen LogP) is 6.10. The number of carbonyl (C=O) groups is 1. The number of ether oxygens (including phenoxy) is 1. The van der Waals surface area contributed by atoms with E-state index in [1.807, 2.05) is 38.1 Å². The van der Waals surface area contributed by atoms with Crippen LogP contribution >= 0.6 is 39.1 Å². The molecule has 1 amide bonds. The average molecular weight is 549 g/mol. The number of halogens is 3. The fourth-order valence-electron chi connectivity index (χ4n) is 3.27. The van der Waals surface area contributed by atoms with Crippen LogP contribution in [0.4, 0.5) is 5.69 Å². The molecule has 0 aliphatic heterocycles. The number of nitrogens with zero attached hydrogens (tertiary/aromatic N) is 4. The minimum atomic E-state index is -0.334. The third kappa shape index (κ3) is 5.40. The van der Waals surface area contributed by atoms with E-state index in [4.69, 9.17) is 27.9 Å². The van der Waals surface area contributed by atoms with Gasteiger partial charge in [-0.25, -0.2) is 4.68 Å². The largest absolute Gasteiger partial charge is 0.471 e. The molecular formula is C23H20BrCl2N5O2. The van der Waals surface area contributed by atoms with E-state index in [0.29, 0.717) is 33.7 Å². The van der Waals surface area contributed by atoms with Crippen LogP contribution in [-0.2, 0) is 13.3 Å². The maximum atomic E-state index is 12.8. The summed E-state index contributed by atoms with van der Waals surface area (Å²) in [5.41, 5.74) is 3.14. The number of rotatable bonds is 7. The highest BCUT2D eigenvalue weighted by Crippen LogP contribution is 2.27. The molecule has 0 saturated heterocycles. The molecule has 7 nitrogen and oxygen atoms in total. The smallest absolute Gasteiger partial charge is 0.276 e. The number of nitrogens with one attached hydrogen (secondary N) is 1. The van der Waals surface area contributed by atoms with Crippen LogP contribution in [0.15, 0.2) is 59.2 Å². The fourth-order valence-corrected chi connectivity index (χ4v) is 4.05. The van der Waals surface area contributed by atoms with Gasteiger partial charge in [0.1, 0.15) is 5.75 Å². The molecule has 2 heterocycles. The van der Waals surface area contributed by atoms with Crippen LogP contribution in [-0.4, -0.2) is 25.5 Å². The van der Waals surface area contributed by atoms with E-state index in [9.17, 15) is 4.79 Å². The summed E-state index contributed by atoms with van der Waals surface area (Å²) in [6.45, 7) is 4.29. The summed E-state index contributed by atoms with van der Waals surface area (Å²) in [5.74, 6) is 0.371. The van der Waals surface area contributed by atoms with Crippen molar-refractivity contribution < 1.29 is 9.53 Å². The zero-order valence-electron chi connectivity index (χ0n) is 17.8. The Morgan fingerprint density at radius 1 is 1.06 bits per heavy atom. The highest BCUT2D eigenvalue weighted by molar-refractivity contribution is 9.10. The van der Waals surface area contributed by atoms with Crippen molar-refractivity contribution in [3.63, 3.8) is 0 Å². The van der Waals surface area contributed by atoms with E-state index < -0.39 is 0 Å². The third-order valence-electron chi connectivity index (χ3n) is 5.04. The van der Waals surface area contributed by atoms with E-state index in [1.54, 1.807) is 39.8 Å². The van der Waals surface area contributed by atoms with E-state index in [1.165, 1.54) is 0 Å². The highest BCUT2D eigenvalue weighted by atomic mass is 79.9. The number of hydrogen-bond donors (Lipinski definition) is 1. The summed E-state index contributed by atoms with van der Waals surface area (Å²) in [4.78, 5) is 12.8. The quantitative estimate of drug-likeness (QED) is 0.302. The summed E-state index contributed by atoms with van der Waals surface area (Å²) >= 11 is 16.0. The summed E-state index contributed by atoms with van der Waals surface area (Å²) < 4.78 is 9.98. The first-order valence-electron chi connectivity index (χ1n) is 10.0. The molecule has 1 N–H and O–H groups in total. The van der Waals surface area contributed by atoms with Gasteiger partial charge in [-0.3, -0.25) is 9.48 Å². The Hall–Kier alpha value is -2.81. The van der Waals surface area contributed by atoms with Gasteiger partial charge in [0.25, 0.3) is 5.91 Å². The molecule has 4 aromatic rings. The lowest BCUT2D eigenvalue weighted by atomic mass is 10.2. The lowest BCUT2D eigenvalue weighted by Crippen LogP contribution is -2.15. The second-order valence-electron chi connectivity index (χ2n) is 7.33. The first-order valence-corrected chi connectivity index (χ1v) is 11.6. The Bertz CT molecular complexity index is 1280. The van der Waals surface area contributed by atoms with Crippen molar-refractivity contribution in [2.45, 2.75) is 27.1 Å². The summed E-state index contributed by atoms with van der Waals surface area (Å²) in [7, 11) is 0. The third-order valence-corrected chi connectivity index (χ3v) is 6.28. The van der Waals surface area contributed by atoms with Gasteiger partial charge in [-0.1, -0.05) is 45.2 Å². The molecule has 2 aromatic heterocycles. The normalized spacial score (nSPS) is 10.9. The molecule has 0 unspecified atom stereocenters. The molecule has 2 aromatic carbocycles. The molecule has 10 heteroatoms. The van der Waals surface area contributed by atoms with Crippen molar-refractivity contribution >= 4 is 50.7 Å². The average Bonchev–Trinajstić information content (AvgIpc) is 3.36. The summed E-state index contributed by atoms with van der Waals surface area (Å²) in [6.07, 6.45) is 1.69. The molecule has 0 bridgehead atoms. The van der Waals surface area contributed by atoms with Crippen molar-refractivity contribution in [1.29, 1.82) is 0 Å². The molecule has 0 radical (unpaired) electrons. The van der Waals surface area contributed by atoms with Crippen LogP contribution < -0.4 is 10.1 Å². The van der Waals surface area contributed by atoms with Crippen LogP contribution in [0, 0.1) is 13.8 Å². The van der Waals surface area contributed by atoms with Crippen LogP contribution in [0.3, 0.4) is 0 Å². The Morgan fingerprint density at radius 3 is 2.45 bits per heavy atom. The Labute approximate surface area is 209 Å². The monoisotopic (exact) mass is 547 g/mol. The maximum Gasteiger partial charge on any atom is 0.276 e. The Balaban J connectivity index is 1.44. The molecule has 0 fully saturated rings. The van der Waals surface area contributed by atoms with Crippen LogP contribution in [0.25, 0.3) is 0 Å². The van der Waals surface area contributed by atoms with Gasteiger partial charge in [0.15, 0.2) is 12.4 Å². The van der Waals surface area contributed by atoms with Crippen LogP contribution in [0.1, 0.15) is 27.4 Å². The van der Waals surface area contributed by atoms with Crippen LogP contribution in [0.5, 0.6) is 5.75 Å². The summed E-state index contributed by atoms with van der Waals surface area (Å²) in [6, 6.07) is 14.5. The van der Waals surface area contributed by atoms with Gasteiger partial charge in [-0.15, -0.1) is 0 Å². The van der Waals surface area contributed by atoms with Crippen molar-refractivity contribution in [2.75, 3.05) is 5.32 Å². The number of hydrogen-bond acceptors (Lipinski definition) is 4. The Kier molecular flexibility index (Phi) is 7.07. The molecule has 170 valence electrons.